The fourth-order valence-corrected chi connectivity index (χ4v) is 5.59. The Morgan fingerprint density at radius 3 is 2.61 bits per heavy atom. The lowest BCUT2D eigenvalue weighted by atomic mass is 10.1. The van der Waals surface area contributed by atoms with Crippen LogP contribution in [-0.2, 0) is 10.0 Å². The van der Waals surface area contributed by atoms with Crippen molar-refractivity contribution in [2.75, 3.05) is 17.6 Å². The molecule has 0 aliphatic carbocycles. The van der Waals surface area contributed by atoms with Crippen LogP contribution >= 0.6 is 11.3 Å². The molecule has 0 saturated carbocycles. The molecule has 4 aromatic rings. The van der Waals surface area contributed by atoms with Crippen molar-refractivity contribution in [1.82, 2.24) is 19.4 Å². The summed E-state index contributed by atoms with van der Waals surface area (Å²) in [5, 5.41) is 0.645. The molecule has 0 amide bonds. The van der Waals surface area contributed by atoms with Crippen LogP contribution in [0.15, 0.2) is 45.8 Å². The molecule has 4 rings (SSSR count). The zero-order valence-electron chi connectivity index (χ0n) is 16.8. The Bertz CT molecular complexity index is 1480. The first-order chi connectivity index (χ1) is 14.7. The van der Waals surface area contributed by atoms with Crippen LogP contribution < -0.4 is 20.8 Å². The van der Waals surface area contributed by atoms with Crippen LogP contribution in [0.1, 0.15) is 10.7 Å². The summed E-state index contributed by atoms with van der Waals surface area (Å²) in [6, 6.07) is 4.99. The Kier molecular flexibility index (Phi) is 5.11. The number of nitrogens with zero attached hydrogens (tertiary/aromatic N) is 4. The van der Waals surface area contributed by atoms with E-state index in [4.69, 9.17) is 10.5 Å². The summed E-state index contributed by atoms with van der Waals surface area (Å²) in [5.74, 6) is 0.107. The largest absolute Gasteiger partial charge is 0.480 e. The van der Waals surface area contributed by atoms with Gasteiger partial charge in [-0.05, 0) is 32.0 Å². The van der Waals surface area contributed by atoms with Crippen LogP contribution in [0.5, 0.6) is 5.88 Å². The molecule has 0 bridgehead atoms. The van der Waals surface area contributed by atoms with Gasteiger partial charge in [-0.2, -0.15) is 0 Å². The molecule has 160 valence electrons. The normalized spacial score (nSPS) is 11.6. The molecule has 0 aliphatic rings. The Morgan fingerprint density at radius 2 is 1.94 bits per heavy atom. The summed E-state index contributed by atoms with van der Waals surface area (Å²) >= 11 is 1.08. The van der Waals surface area contributed by atoms with Crippen molar-refractivity contribution in [1.29, 1.82) is 0 Å². The van der Waals surface area contributed by atoms with Crippen molar-refractivity contribution >= 4 is 38.4 Å². The van der Waals surface area contributed by atoms with E-state index in [0.29, 0.717) is 27.5 Å². The minimum atomic E-state index is -3.90. The second-order valence-corrected chi connectivity index (χ2v) is 9.74. The summed E-state index contributed by atoms with van der Waals surface area (Å²) in [6.45, 7) is 3.37. The number of thiazole rings is 1. The second kappa shape index (κ2) is 7.63. The molecule has 0 atom stereocenters. The van der Waals surface area contributed by atoms with E-state index in [1.54, 1.807) is 38.2 Å². The molecule has 0 aliphatic heterocycles. The van der Waals surface area contributed by atoms with Gasteiger partial charge in [0.15, 0.2) is 4.21 Å². The van der Waals surface area contributed by atoms with Crippen LogP contribution in [0.3, 0.4) is 0 Å². The van der Waals surface area contributed by atoms with E-state index < -0.39 is 15.6 Å². The van der Waals surface area contributed by atoms with E-state index >= 15 is 0 Å². The van der Waals surface area contributed by atoms with Gasteiger partial charge in [0.05, 0.1) is 24.0 Å². The van der Waals surface area contributed by atoms with E-state index in [1.807, 2.05) is 0 Å². The highest BCUT2D eigenvalue weighted by molar-refractivity contribution is 7.94. The predicted molar refractivity (Wildman–Crippen MR) is 118 cm³/mol. The van der Waals surface area contributed by atoms with Gasteiger partial charge in [0.2, 0.25) is 5.88 Å². The minimum absolute atomic E-state index is 0.0196. The second-order valence-electron chi connectivity index (χ2n) is 6.66. The zero-order chi connectivity index (χ0) is 22.3. The number of sulfonamides is 1. The molecule has 3 N–H and O–H groups in total. The summed E-state index contributed by atoms with van der Waals surface area (Å²) in [6.07, 6.45) is 4.40. The predicted octanol–water partition coefficient (Wildman–Crippen LogP) is 2.22. The molecule has 31 heavy (non-hydrogen) atoms. The van der Waals surface area contributed by atoms with Gasteiger partial charge >= 0.3 is 0 Å². The van der Waals surface area contributed by atoms with Crippen molar-refractivity contribution in [2.24, 2.45) is 0 Å². The van der Waals surface area contributed by atoms with Gasteiger partial charge in [0, 0.05) is 23.5 Å². The standard InChI is InChI=1S/C19H18N6O4S2/c1-10-19(30-11(2)23-10)31(27,28)24-15-6-13(7-22-17(15)29-3)12-4-5-16-21-8-14(20)18(26)25(16)9-12/h4-9,24H,20H2,1-3H3. The SMILES string of the molecule is COc1ncc(-c2ccc3ncc(N)c(=O)n3c2)cc1NS(=O)(=O)c1sc(C)nc1C. The molecule has 0 aromatic carbocycles. The van der Waals surface area contributed by atoms with Gasteiger partial charge in [-0.15, -0.1) is 11.3 Å². The number of hydrogen-bond donors (Lipinski definition) is 2. The fraction of sp³-hybridized carbons (Fsp3) is 0.158. The van der Waals surface area contributed by atoms with Crippen LogP contribution in [0, 0.1) is 13.8 Å². The molecule has 0 unspecified atom stereocenters. The number of fused-ring (bicyclic) bond motifs is 1. The quantitative estimate of drug-likeness (QED) is 0.464. The lowest BCUT2D eigenvalue weighted by molar-refractivity contribution is 0.400. The maximum Gasteiger partial charge on any atom is 0.281 e. The number of rotatable bonds is 5. The molecular formula is C19H18N6O4S2. The molecule has 0 fully saturated rings. The Hall–Kier alpha value is -3.51. The number of pyridine rings is 2. The Balaban J connectivity index is 1.80. The van der Waals surface area contributed by atoms with E-state index in [-0.39, 0.29) is 21.5 Å². The van der Waals surface area contributed by atoms with E-state index in [0.717, 1.165) is 11.3 Å². The zero-order valence-corrected chi connectivity index (χ0v) is 18.4. The van der Waals surface area contributed by atoms with Gasteiger partial charge in [-0.3, -0.25) is 13.9 Å². The third-order valence-corrected chi connectivity index (χ3v) is 7.50. The maximum absolute atomic E-state index is 12.9. The highest BCUT2D eigenvalue weighted by atomic mass is 32.2. The third-order valence-electron chi connectivity index (χ3n) is 4.46. The number of aryl methyl sites for hydroxylation is 2. The fourth-order valence-electron chi connectivity index (χ4n) is 3.06. The molecule has 4 heterocycles. The van der Waals surface area contributed by atoms with Gasteiger partial charge in [-0.1, -0.05) is 0 Å². The average Bonchev–Trinajstić information content (AvgIpc) is 3.09. The van der Waals surface area contributed by atoms with Crippen molar-refractivity contribution < 1.29 is 13.2 Å². The molecule has 0 saturated heterocycles. The molecule has 10 nitrogen and oxygen atoms in total. The molecule has 0 radical (unpaired) electrons. The van der Waals surface area contributed by atoms with Crippen LogP contribution in [-0.4, -0.2) is 34.9 Å². The Morgan fingerprint density at radius 1 is 1.16 bits per heavy atom. The minimum Gasteiger partial charge on any atom is -0.480 e. The van der Waals surface area contributed by atoms with Crippen molar-refractivity contribution in [3.05, 3.63) is 57.8 Å². The van der Waals surface area contributed by atoms with Crippen molar-refractivity contribution in [2.45, 2.75) is 18.1 Å². The van der Waals surface area contributed by atoms with Gasteiger partial charge in [-0.25, -0.2) is 23.4 Å². The molecule has 12 heteroatoms. The number of nitrogens with one attached hydrogen (secondary N) is 1. The van der Waals surface area contributed by atoms with Gasteiger partial charge in [0.25, 0.3) is 15.6 Å². The first kappa shape index (κ1) is 20.8. The molecule has 0 spiro atoms. The number of nitrogens with two attached hydrogens (primary N) is 1. The smallest absolute Gasteiger partial charge is 0.281 e. The number of aromatic nitrogens is 4. The summed E-state index contributed by atoms with van der Waals surface area (Å²) in [7, 11) is -2.50. The van der Waals surface area contributed by atoms with Crippen molar-refractivity contribution in [3.8, 4) is 17.0 Å². The monoisotopic (exact) mass is 458 g/mol. The third kappa shape index (κ3) is 3.82. The maximum atomic E-state index is 12.9. The summed E-state index contributed by atoms with van der Waals surface area (Å²) in [4.78, 5) is 24.8. The lowest BCUT2D eigenvalue weighted by Crippen LogP contribution is -2.18. The van der Waals surface area contributed by atoms with Crippen LogP contribution in [0.25, 0.3) is 16.8 Å². The number of methoxy groups -OCH3 is 1. The number of anilines is 2. The topological polar surface area (TPSA) is 142 Å². The van der Waals surface area contributed by atoms with Crippen molar-refractivity contribution in [3.63, 3.8) is 0 Å². The highest BCUT2D eigenvalue weighted by Crippen LogP contribution is 2.32. The first-order valence-corrected chi connectivity index (χ1v) is 11.3. The van der Waals surface area contributed by atoms with E-state index in [1.165, 1.54) is 23.9 Å². The van der Waals surface area contributed by atoms with E-state index in [9.17, 15) is 13.2 Å². The highest BCUT2D eigenvalue weighted by Gasteiger charge is 2.23. The number of hydrogen-bond acceptors (Lipinski definition) is 9. The van der Waals surface area contributed by atoms with Gasteiger partial charge in [0.1, 0.15) is 17.0 Å². The molecule has 4 aromatic heterocycles. The van der Waals surface area contributed by atoms with Crippen LogP contribution in [0.2, 0.25) is 0 Å². The number of nitrogen functional groups attached to an aromatic ring is 1. The van der Waals surface area contributed by atoms with Gasteiger partial charge < -0.3 is 10.5 Å². The van der Waals surface area contributed by atoms with Crippen LogP contribution in [0.4, 0.5) is 11.4 Å². The van der Waals surface area contributed by atoms with E-state index in [2.05, 4.69) is 19.7 Å². The Labute approximate surface area is 181 Å². The first-order valence-electron chi connectivity index (χ1n) is 8.98. The summed E-state index contributed by atoms with van der Waals surface area (Å²) in [5.41, 5.74) is 7.47. The number of ether oxygens (including phenoxy) is 1. The summed E-state index contributed by atoms with van der Waals surface area (Å²) < 4.78 is 35.0. The average molecular weight is 459 g/mol. The molecular weight excluding hydrogens is 440 g/mol. The lowest BCUT2D eigenvalue weighted by Gasteiger charge is -2.12.